The number of amides is 1. The van der Waals surface area contributed by atoms with Gasteiger partial charge in [-0.3, -0.25) is 4.79 Å². The van der Waals surface area contributed by atoms with Crippen molar-refractivity contribution in [2.24, 2.45) is 0 Å². The Balaban J connectivity index is 1.87. The van der Waals surface area contributed by atoms with Gasteiger partial charge in [0, 0.05) is 11.3 Å². The Labute approximate surface area is 144 Å². The summed E-state index contributed by atoms with van der Waals surface area (Å²) < 4.78 is 0. The number of carbonyl (C=O) groups is 1. The molecule has 1 fully saturated rings. The van der Waals surface area contributed by atoms with Gasteiger partial charge >= 0.3 is 0 Å². The number of quaternary nitrogens is 1. The SMILES string of the molecule is Cc1ccc(C)c(NC(=O)[C@H](c2ccccc2)[NH+]2CCCCC2)c1. The zero-order chi connectivity index (χ0) is 16.9. The zero-order valence-corrected chi connectivity index (χ0v) is 14.6. The monoisotopic (exact) mass is 323 g/mol. The van der Waals surface area contributed by atoms with Crippen LogP contribution in [-0.4, -0.2) is 19.0 Å². The summed E-state index contributed by atoms with van der Waals surface area (Å²) in [7, 11) is 0. The molecule has 1 heterocycles. The summed E-state index contributed by atoms with van der Waals surface area (Å²) >= 11 is 0. The van der Waals surface area contributed by atoms with E-state index in [1.807, 2.05) is 25.1 Å². The Hall–Kier alpha value is -2.13. The van der Waals surface area contributed by atoms with Crippen LogP contribution in [0.15, 0.2) is 48.5 Å². The quantitative estimate of drug-likeness (QED) is 0.891. The van der Waals surface area contributed by atoms with E-state index < -0.39 is 0 Å². The number of piperidine rings is 1. The van der Waals surface area contributed by atoms with E-state index in [0.717, 1.165) is 35.5 Å². The molecule has 0 aromatic heterocycles. The highest BCUT2D eigenvalue weighted by Gasteiger charge is 2.32. The van der Waals surface area contributed by atoms with E-state index >= 15 is 0 Å². The van der Waals surface area contributed by atoms with Gasteiger partial charge in [-0.15, -0.1) is 0 Å². The number of anilines is 1. The minimum atomic E-state index is -0.133. The van der Waals surface area contributed by atoms with Crippen LogP contribution in [0.25, 0.3) is 0 Å². The van der Waals surface area contributed by atoms with E-state index in [4.69, 9.17) is 0 Å². The number of likely N-dealkylation sites (tertiary alicyclic amines) is 1. The molecule has 24 heavy (non-hydrogen) atoms. The molecular formula is C21H27N2O+. The largest absolute Gasteiger partial charge is 0.321 e. The summed E-state index contributed by atoms with van der Waals surface area (Å²) in [6.45, 7) is 6.24. The predicted octanol–water partition coefficient (Wildman–Crippen LogP) is 3.05. The average molecular weight is 323 g/mol. The molecule has 126 valence electrons. The van der Waals surface area contributed by atoms with Gasteiger partial charge in [0.25, 0.3) is 5.91 Å². The molecular weight excluding hydrogens is 296 g/mol. The van der Waals surface area contributed by atoms with E-state index in [9.17, 15) is 4.79 Å². The maximum Gasteiger partial charge on any atom is 0.287 e. The van der Waals surface area contributed by atoms with Crippen molar-refractivity contribution in [3.8, 4) is 0 Å². The molecule has 0 spiro atoms. The van der Waals surface area contributed by atoms with Crippen LogP contribution in [0.2, 0.25) is 0 Å². The van der Waals surface area contributed by atoms with Gasteiger partial charge in [-0.1, -0.05) is 42.5 Å². The average Bonchev–Trinajstić information content (AvgIpc) is 2.60. The van der Waals surface area contributed by atoms with E-state index in [1.54, 1.807) is 0 Å². The van der Waals surface area contributed by atoms with Crippen LogP contribution in [0.4, 0.5) is 5.69 Å². The Kier molecular flexibility index (Phi) is 5.31. The summed E-state index contributed by atoms with van der Waals surface area (Å²) in [5.74, 6) is 0.104. The third kappa shape index (κ3) is 3.85. The van der Waals surface area contributed by atoms with E-state index in [-0.39, 0.29) is 11.9 Å². The maximum atomic E-state index is 13.1. The zero-order valence-electron chi connectivity index (χ0n) is 14.6. The Bertz CT molecular complexity index is 690. The van der Waals surface area contributed by atoms with Crippen LogP contribution in [0.3, 0.4) is 0 Å². The van der Waals surface area contributed by atoms with Gasteiger partial charge in [0.05, 0.1) is 13.1 Å². The first kappa shape index (κ1) is 16.7. The smallest absolute Gasteiger partial charge is 0.287 e. The second kappa shape index (κ2) is 7.63. The normalized spacial score (nSPS) is 16.6. The van der Waals surface area contributed by atoms with Crippen LogP contribution >= 0.6 is 0 Å². The fourth-order valence-electron chi connectivity index (χ4n) is 3.59. The molecule has 1 amide bonds. The van der Waals surface area contributed by atoms with Crippen molar-refractivity contribution in [3.63, 3.8) is 0 Å². The molecule has 0 aliphatic carbocycles. The predicted molar refractivity (Wildman–Crippen MR) is 98.3 cm³/mol. The van der Waals surface area contributed by atoms with E-state index in [1.165, 1.54) is 24.2 Å². The minimum Gasteiger partial charge on any atom is -0.321 e. The van der Waals surface area contributed by atoms with Crippen LogP contribution in [-0.2, 0) is 4.79 Å². The number of carbonyl (C=O) groups excluding carboxylic acids is 1. The third-order valence-electron chi connectivity index (χ3n) is 4.95. The van der Waals surface area contributed by atoms with Gasteiger partial charge in [0.15, 0.2) is 6.04 Å². The molecule has 0 bridgehead atoms. The minimum absolute atomic E-state index is 0.104. The summed E-state index contributed by atoms with van der Waals surface area (Å²) in [4.78, 5) is 14.5. The Morgan fingerprint density at radius 3 is 2.42 bits per heavy atom. The van der Waals surface area contributed by atoms with Crippen LogP contribution in [0, 0.1) is 13.8 Å². The molecule has 3 rings (SSSR count). The summed E-state index contributed by atoms with van der Waals surface area (Å²) in [5, 5.41) is 3.19. The van der Waals surface area contributed by atoms with Crippen molar-refractivity contribution < 1.29 is 9.69 Å². The number of nitrogens with one attached hydrogen (secondary N) is 2. The van der Waals surface area contributed by atoms with Crippen LogP contribution in [0.1, 0.15) is 42.0 Å². The molecule has 1 aliphatic rings. The molecule has 2 aromatic carbocycles. The van der Waals surface area contributed by atoms with Crippen molar-refractivity contribution in [1.82, 2.24) is 0 Å². The highest BCUT2D eigenvalue weighted by Crippen LogP contribution is 2.19. The van der Waals surface area contributed by atoms with Gasteiger partial charge in [-0.2, -0.15) is 0 Å². The molecule has 0 radical (unpaired) electrons. The number of aryl methyl sites for hydroxylation is 2. The fourth-order valence-corrected chi connectivity index (χ4v) is 3.59. The second-order valence-electron chi connectivity index (χ2n) is 6.87. The third-order valence-corrected chi connectivity index (χ3v) is 4.95. The highest BCUT2D eigenvalue weighted by molar-refractivity contribution is 5.95. The Morgan fingerprint density at radius 1 is 1.00 bits per heavy atom. The Morgan fingerprint density at radius 2 is 1.71 bits per heavy atom. The molecule has 0 unspecified atom stereocenters. The first-order chi connectivity index (χ1) is 11.6. The summed E-state index contributed by atoms with van der Waals surface area (Å²) in [6.07, 6.45) is 3.69. The summed E-state index contributed by atoms with van der Waals surface area (Å²) in [6, 6.07) is 16.3. The first-order valence-electron chi connectivity index (χ1n) is 8.93. The number of benzene rings is 2. The van der Waals surface area contributed by atoms with Crippen LogP contribution in [0.5, 0.6) is 0 Å². The van der Waals surface area contributed by atoms with Crippen molar-refractivity contribution >= 4 is 11.6 Å². The molecule has 2 N–H and O–H groups in total. The lowest BCUT2D eigenvalue weighted by Crippen LogP contribution is -3.14. The highest BCUT2D eigenvalue weighted by atomic mass is 16.2. The molecule has 0 saturated carbocycles. The molecule has 2 aromatic rings. The van der Waals surface area contributed by atoms with Gasteiger partial charge in [0.1, 0.15) is 0 Å². The standard InChI is InChI=1S/C21H26N2O/c1-16-11-12-17(2)19(15-16)22-21(24)20(18-9-5-3-6-10-18)23-13-7-4-8-14-23/h3,5-6,9-12,15,20H,4,7-8,13-14H2,1-2H3,(H,22,24)/p+1/t20-/m0/s1. The van der Waals surface area contributed by atoms with Gasteiger partial charge in [0.2, 0.25) is 0 Å². The van der Waals surface area contributed by atoms with Crippen molar-refractivity contribution in [3.05, 3.63) is 65.2 Å². The molecule has 1 atom stereocenters. The molecule has 3 heteroatoms. The lowest BCUT2D eigenvalue weighted by atomic mass is 10.0. The van der Waals surface area contributed by atoms with Gasteiger partial charge in [-0.05, 0) is 50.3 Å². The van der Waals surface area contributed by atoms with Crippen molar-refractivity contribution in [2.75, 3.05) is 18.4 Å². The molecule has 1 aliphatic heterocycles. The van der Waals surface area contributed by atoms with E-state index in [2.05, 4.69) is 42.6 Å². The molecule has 3 nitrogen and oxygen atoms in total. The second-order valence-corrected chi connectivity index (χ2v) is 6.87. The first-order valence-corrected chi connectivity index (χ1v) is 8.93. The number of hydrogen-bond acceptors (Lipinski definition) is 1. The number of hydrogen-bond donors (Lipinski definition) is 2. The van der Waals surface area contributed by atoms with Crippen molar-refractivity contribution in [1.29, 1.82) is 0 Å². The van der Waals surface area contributed by atoms with Gasteiger partial charge in [-0.25, -0.2) is 0 Å². The fraction of sp³-hybridized carbons (Fsp3) is 0.381. The van der Waals surface area contributed by atoms with Gasteiger partial charge < -0.3 is 10.2 Å². The number of rotatable bonds is 4. The lowest BCUT2D eigenvalue weighted by molar-refractivity contribution is -0.926. The summed E-state index contributed by atoms with van der Waals surface area (Å²) in [5.41, 5.74) is 4.31. The molecule has 1 saturated heterocycles. The topological polar surface area (TPSA) is 33.5 Å². The van der Waals surface area contributed by atoms with Crippen molar-refractivity contribution in [2.45, 2.75) is 39.2 Å². The maximum absolute atomic E-state index is 13.1. The van der Waals surface area contributed by atoms with E-state index in [0.29, 0.717) is 0 Å². The lowest BCUT2D eigenvalue weighted by Gasteiger charge is -2.31. The van der Waals surface area contributed by atoms with Crippen LogP contribution < -0.4 is 10.2 Å².